The summed E-state index contributed by atoms with van der Waals surface area (Å²) in [4.78, 5) is 17.3. The highest BCUT2D eigenvalue weighted by Crippen LogP contribution is 2.28. The second-order valence-corrected chi connectivity index (χ2v) is 3.87. The van der Waals surface area contributed by atoms with Crippen molar-refractivity contribution in [1.82, 2.24) is 9.97 Å². The maximum atomic E-state index is 13.4. The molecule has 2 aromatic rings. The predicted molar refractivity (Wildman–Crippen MR) is 68.1 cm³/mol. The highest BCUT2D eigenvalue weighted by Gasteiger charge is 2.19. The number of anilines is 2. The second kappa shape index (κ2) is 5.46. The molecule has 0 bridgehead atoms. The molecule has 0 aliphatic rings. The number of nitrogens with zero attached hydrogens (tertiary/aromatic N) is 4. The van der Waals surface area contributed by atoms with E-state index in [0.29, 0.717) is 0 Å². The van der Waals surface area contributed by atoms with Crippen molar-refractivity contribution in [3.05, 3.63) is 51.2 Å². The molecular weight excluding hydrogens is 289 g/mol. The van der Waals surface area contributed by atoms with E-state index in [0.717, 1.165) is 12.3 Å². The van der Waals surface area contributed by atoms with Crippen LogP contribution in [-0.2, 0) is 0 Å². The highest BCUT2D eigenvalue weighted by atomic mass is 35.5. The Morgan fingerprint density at radius 1 is 1.50 bits per heavy atom. The van der Waals surface area contributed by atoms with E-state index in [1.165, 1.54) is 12.1 Å². The summed E-state index contributed by atoms with van der Waals surface area (Å²) in [6.45, 7) is 0. The van der Waals surface area contributed by atoms with E-state index < -0.39 is 16.4 Å². The Kier molecular flexibility index (Phi) is 3.72. The Labute approximate surface area is 116 Å². The lowest BCUT2D eigenvalue weighted by Crippen LogP contribution is -2.03. The lowest BCUT2D eigenvalue weighted by molar-refractivity contribution is -0.384. The van der Waals surface area contributed by atoms with Crippen molar-refractivity contribution in [2.24, 2.45) is 0 Å². The summed E-state index contributed by atoms with van der Waals surface area (Å²) in [7, 11) is 0. The van der Waals surface area contributed by atoms with Gasteiger partial charge in [-0.15, -0.1) is 0 Å². The van der Waals surface area contributed by atoms with E-state index in [4.69, 9.17) is 16.9 Å². The minimum absolute atomic E-state index is 0.0466. The third-order valence-electron chi connectivity index (χ3n) is 2.32. The zero-order valence-electron chi connectivity index (χ0n) is 9.67. The van der Waals surface area contributed by atoms with Gasteiger partial charge in [-0.05, 0) is 23.7 Å². The van der Waals surface area contributed by atoms with E-state index in [2.05, 4.69) is 15.3 Å². The fourth-order valence-electron chi connectivity index (χ4n) is 1.45. The molecule has 0 unspecified atom stereocenters. The maximum absolute atomic E-state index is 13.4. The molecule has 0 aliphatic carbocycles. The highest BCUT2D eigenvalue weighted by molar-refractivity contribution is 6.28. The number of hydrogen-bond acceptors (Lipinski definition) is 6. The number of aromatic nitrogens is 2. The Morgan fingerprint density at radius 2 is 2.25 bits per heavy atom. The molecule has 20 heavy (non-hydrogen) atoms. The van der Waals surface area contributed by atoms with Gasteiger partial charge in [-0.25, -0.2) is 9.37 Å². The number of halogens is 2. The van der Waals surface area contributed by atoms with Gasteiger partial charge in [0.2, 0.25) is 11.1 Å². The summed E-state index contributed by atoms with van der Waals surface area (Å²) in [6.07, 6.45) is 0.920. The molecule has 1 heterocycles. The van der Waals surface area contributed by atoms with Gasteiger partial charge in [0.25, 0.3) is 0 Å². The van der Waals surface area contributed by atoms with Crippen molar-refractivity contribution < 1.29 is 9.31 Å². The molecule has 9 heteroatoms. The van der Waals surface area contributed by atoms with Crippen molar-refractivity contribution in [3.63, 3.8) is 0 Å². The van der Waals surface area contributed by atoms with Crippen molar-refractivity contribution in [1.29, 1.82) is 5.26 Å². The van der Waals surface area contributed by atoms with Crippen molar-refractivity contribution in [2.45, 2.75) is 0 Å². The van der Waals surface area contributed by atoms with Crippen LogP contribution in [-0.4, -0.2) is 14.9 Å². The smallest absolute Gasteiger partial charge is 0.329 e. The molecule has 0 fully saturated rings. The van der Waals surface area contributed by atoms with E-state index in [-0.39, 0.29) is 22.4 Å². The van der Waals surface area contributed by atoms with E-state index in [9.17, 15) is 14.5 Å². The summed E-state index contributed by atoms with van der Waals surface area (Å²) in [5, 5.41) is 22.0. The summed E-state index contributed by atoms with van der Waals surface area (Å²) in [5.41, 5.74) is -0.676. The van der Waals surface area contributed by atoms with Crippen LogP contribution in [0, 0.1) is 27.3 Å². The molecule has 0 saturated carbocycles. The summed E-state index contributed by atoms with van der Waals surface area (Å²) in [5.74, 6) is -0.975. The van der Waals surface area contributed by atoms with Crippen LogP contribution in [0.1, 0.15) is 5.56 Å². The Bertz CT molecular complexity index is 731. The van der Waals surface area contributed by atoms with Gasteiger partial charge >= 0.3 is 5.69 Å². The average Bonchev–Trinajstić information content (AvgIpc) is 2.38. The molecule has 0 aliphatic heterocycles. The Morgan fingerprint density at radius 3 is 2.90 bits per heavy atom. The van der Waals surface area contributed by atoms with E-state index >= 15 is 0 Å². The van der Waals surface area contributed by atoms with Crippen LogP contribution in [0.3, 0.4) is 0 Å². The van der Waals surface area contributed by atoms with E-state index in [1.807, 2.05) is 0 Å². The number of nitriles is 1. The monoisotopic (exact) mass is 293 g/mol. The maximum Gasteiger partial charge on any atom is 0.329 e. The molecule has 100 valence electrons. The number of hydrogen-bond donors (Lipinski definition) is 1. The first-order valence-electron chi connectivity index (χ1n) is 5.15. The topological polar surface area (TPSA) is 105 Å². The molecule has 0 atom stereocenters. The van der Waals surface area contributed by atoms with Crippen LogP contribution in [0.15, 0.2) is 24.4 Å². The van der Waals surface area contributed by atoms with Crippen molar-refractivity contribution in [3.8, 4) is 6.07 Å². The van der Waals surface area contributed by atoms with Crippen molar-refractivity contribution in [2.75, 3.05) is 5.32 Å². The quantitative estimate of drug-likeness (QED) is 0.530. The van der Waals surface area contributed by atoms with Crippen LogP contribution in [0.5, 0.6) is 0 Å². The van der Waals surface area contributed by atoms with Gasteiger partial charge in [-0.1, -0.05) is 6.07 Å². The van der Waals surface area contributed by atoms with Crippen LogP contribution in [0.2, 0.25) is 5.28 Å². The van der Waals surface area contributed by atoms with Gasteiger partial charge in [0.05, 0.1) is 10.6 Å². The predicted octanol–water partition coefficient (Wildman–Crippen LogP) is 2.79. The molecule has 1 aromatic carbocycles. The lowest BCUT2D eigenvalue weighted by atomic mass is 10.2. The molecule has 1 aromatic heterocycles. The number of benzene rings is 1. The van der Waals surface area contributed by atoms with E-state index in [1.54, 1.807) is 6.07 Å². The molecule has 1 N–H and O–H groups in total. The van der Waals surface area contributed by atoms with Gasteiger partial charge in [0.1, 0.15) is 23.6 Å². The minimum atomic E-state index is -0.750. The van der Waals surface area contributed by atoms with Crippen molar-refractivity contribution >= 4 is 28.8 Å². The first-order valence-corrected chi connectivity index (χ1v) is 5.53. The largest absolute Gasteiger partial charge is 0.333 e. The average molecular weight is 294 g/mol. The normalized spacial score (nSPS) is 9.85. The summed E-state index contributed by atoms with van der Waals surface area (Å²) >= 11 is 5.57. The summed E-state index contributed by atoms with van der Waals surface area (Å²) < 4.78 is 13.4. The van der Waals surface area contributed by atoms with Gasteiger partial charge < -0.3 is 5.32 Å². The first kappa shape index (κ1) is 13.6. The minimum Gasteiger partial charge on any atom is -0.333 e. The zero-order valence-corrected chi connectivity index (χ0v) is 10.4. The standard InChI is InChI=1S/C11H5ClFN5O2/c12-11-15-5-9(18(19)20)10(17-11)16-8-3-1-2-7(13)6(8)4-14/h1-3,5H,(H,15,16,17). The number of nitro groups is 1. The van der Waals surface area contributed by atoms with Crippen LogP contribution in [0.4, 0.5) is 21.6 Å². The van der Waals surface area contributed by atoms with Gasteiger partial charge in [0, 0.05) is 0 Å². The Hall–Kier alpha value is -2.79. The second-order valence-electron chi connectivity index (χ2n) is 3.53. The molecular formula is C11H5ClFN5O2. The third-order valence-corrected chi connectivity index (χ3v) is 2.50. The number of rotatable bonds is 3. The number of nitrogens with one attached hydrogen (secondary N) is 1. The fourth-order valence-corrected chi connectivity index (χ4v) is 1.58. The lowest BCUT2D eigenvalue weighted by Gasteiger charge is -2.08. The SMILES string of the molecule is N#Cc1c(F)cccc1Nc1nc(Cl)ncc1[N+](=O)[O-]. The summed E-state index contributed by atoms with van der Waals surface area (Å²) in [6, 6.07) is 5.51. The molecule has 0 spiro atoms. The Balaban J connectivity index is 2.51. The fraction of sp³-hybridized carbons (Fsp3) is 0. The van der Waals surface area contributed by atoms with Gasteiger partial charge in [-0.3, -0.25) is 10.1 Å². The molecule has 0 radical (unpaired) electrons. The molecule has 7 nitrogen and oxygen atoms in total. The molecule has 0 amide bonds. The van der Waals surface area contributed by atoms with Crippen LogP contribution in [0.25, 0.3) is 0 Å². The third kappa shape index (κ3) is 2.62. The van der Waals surface area contributed by atoms with Gasteiger partial charge in [0.15, 0.2) is 0 Å². The zero-order chi connectivity index (χ0) is 14.7. The van der Waals surface area contributed by atoms with Gasteiger partial charge in [-0.2, -0.15) is 10.2 Å². The van der Waals surface area contributed by atoms with Crippen LogP contribution >= 0.6 is 11.6 Å². The molecule has 2 rings (SSSR count). The molecule has 0 saturated heterocycles. The van der Waals surface area contributed by atoms with Crippen LogP contribution < -0.4 is 5.32 Å². The first-order chi connectivity index (χ1) is 9.52.